The summed E-state index contributed by atoms with van der Waals surface area (Å²) < 4.78 is 16.5. The van der Waals surface area contributed by atoms with E-state index in [1.165, 1.54) is 12.8 Å². The van der Waals surface area contributed by atoms with Crippen molar-refractivity contribution in [3.8, 4) is 17.2 Å². The van der Waals surface area contributed by atoms with Crippen LogP contribution >= 0.6 is 0 Å². The lowest BCUT2D eigenvalue weighted by Crippen LogP contribution is -2.34. The highest BCUT2D eigenvalue weighted by molar-refractivity contribution is 5.51. The van der Waals surface area contributed by atoms with Crippen molar-refractivity contribution in [2.75, 3.05) is 27.0 Å². The maximum absolute atomic E-state index is 5.53. The molecule has 1 atom stereocenters. The second-order valence-electron chi connectivity index (χ2n) is 6.07. The Balaban J connectivity index is 1.51. The minimum Gasteiger partial charge on any atom is -0.496 e. The second-order valence-corrected chi connectivity index (χ2v) is 6.07. The van der Waals surface area contributed by atoms with E-state index < -0.39 is 0 Å². The van der Waals surface area contributed by atoms with Gasteiger partial charge < -0.3 is 19.2 Å². The number of imidazole rings is 1. The van der Waals surface area contributed by atoms with Gasteiger partial charge in [0.05, 0.1) is 7.11 Å². The van der Waals surface area contributed by atoms with Crippen molar-refractivity contribution in [2.45, 2.75) is 25.3 Å². The molecule has 0 spiro atoms. The average molecular weight is 315 g/mol. The predicted octanol–water partition coefficient (Wildman–Crippen LogP) is 2.53. The van der Waals surface area contributed by atoms with Crippen LogP contribution < -0.4 is 14.2 Å². The third-order valence-corrected chi connectivity index (χ3v) is 4.58. The average Bonchev–Trinajstić information content (AvgIpc) is 3.25. The first kappa shape index (κ1) is 14.4. The molecule has 0 saturated carbocycles. The number of benzene rings is 1. The van der Waals surface area contributed by atoms with Crippen molar-refractivity contribution >= 4 is 0 Å². The van der Waals surface area contributed by atoms with Gasteiger partial charge in [0, 0.05) is 43.0 Å². The molecule has 1 aromatic carbocycles. The third kappa shape index (κ3) is 2.86. The lowest BCUT2D eigenvalue weighted by Gasteiger charge is -2.32. The van der Waals surface area contributed by atoms with Crippen LogP contribution in [0.4, 0.5) is 0 Å². The quantitative estimate of drug-likeness (QED) is 0.939. The maximum Gasteiger partial charge on any atom is 0.231 e. The molecule has 6 heteroatoms. The van der Waals surface area contributed by atoms with Gasteiger partial charge in [-0.1, -0.05) is 0 Å². The number of nitrogens with zero attached hydrogens (tertiary/aromatic N) is 2. The number of ether oxygens (including phenoxy) is 3. The maximum atomic E-state index is 5.53. The van der Waals surface area contributed by atoms with Crippen molar-refractivity contribution < 1.29 is 14.2 Å². The Kier molecular flexibility index (Phi) is 3.83. The molecule has 0 unspecified atom stereocenters. The van der Waals surface area contributed by atoms with Gasteiger partial charge in [0.2, 0.25) is 6.79 Å². The summed E-state index contributed by atoms with van der Waals surface area (Å²) in [5.74, 6) is 3.98. The summed E-state index contributed by atoms with van der Waals surface area (Å²) in [5.41, 5.74) is 1.14. The molecule has 4 rings (SSSR count). The Morgan fingerprint density at radius 1 is 1.35 bits per heavy atom. The fraction of sp³-hybridized carbons (Fsp3) is 0.471. The first-order chi connectivity index (χ1) is 11.3. The summed E-state index contributed by atoms with van der Waals surface area (Å²) >= 11 is 0. The molecule has 6 nitrogen and oxygen atoms in total. The largest absolute Gasteiger partial charge is 0.496 e. The minimum atomic E-state index is 0.284. The molecule has 1 saturated heterocycles. The number of hydrogen-bond acceptors (Lipinski definition) is 5. The fourth-order valence-electron chi connectivity index (χ4n) is 3.44. The molecular formula is C17H21N3O3. The van der Waals surface area contributed by atoms with Crippen LogP contribution in [-0.2, 0) is 6.54 Å². The van der Waals surface area contributed by atoms with Crippen molar-refractivity contribution in [2.24, 2.45) is 0 Å². The van der Waals surface area contributed by atoms with E-state index in [0.29, 0.717) is 5.92 Å². The number of rotatable bonds is 4. The highest BCUT2D eigenvalue weighted by atomic mass is 16.7. The molecule has 0 amide bonds. The second kappa shape index (κ2) is 6.12. The first-order valence-electron chi connectivity index (χ1n) is 8.01. The lowest BCUT2D eigenvalue weighted by atomic mass is 9.97. The van der Waals surface area contributed by atoms with Crippen LogP contribution in [0.2, 0.25) is 0 Å². The molecule has 2 aromatic rings. The number of nitrogens with one attached hydrogen (secondary N) is 1. The summed E-state index contributed by atoms with van der Waals surface area (Å²) in [4.78, 5) is 10.1. The zero-order chi connectivity index (χ0) is 15.6. The van der Waals surface area contributed by atoms with Gasteiger partial charge in [-0.05, 0) is 25.5 Å². The molecule has 23 heavy (non-hydrogen) atoms. The number of aromatic nitrogens is 2. The Morgan fingerprint density at radius 2 is 2.22 bits per heavy atom. The number of methoxy groups -OCH3 is 1. The van der Waals surface area contributed by atoms with Gasteiger partial charge in [0.25, 0.3) is 0 Å². The highest BCUT2D eigenvalue weighted by Crippen LogP contribution is 2.39. The normalized spacial score (nSPS) is 20.7. The molecule has 1 fully saturated rings. The van der Waals surface area contributed by atoms with E-state index in [9.17, 15) is 0 Å². The Hall–Kier alpha value is -2.21. The van der Waals surface area contributed by atoms with Gasteiger partial charge in [0.15, 0.2) is 11.5 Å². The molecule has 1 aromatic heterocycles. The van der Waals surface area contributed by atoms with Crippen LogP contribution in [0.25, 0.3) is 0 Å². The van der Waals surface area contributed by atoms with E-state index in [1.54, 1.807) is 7.11 Å². The number of H-pyrrole nitrogens is 1. The SMILES string of the molecule is COc1cc2c(cc1CN1CCC[C@@H](c3ncc[nH]3)C1)OCO2. The molecule has 0 radical (unpaired) electrons. The van der Waals surface area contributed by atoms with Crippen molar-refractivity contribution in [3.63, 3.8) is 0 Å². The van der Waals surface area contributed by atoms with Crippen LogP contribution in [-0.4, -0.2) is 41.9 Å². The smallest absolute Gasteiger partial charge is 0.231 e. The van der Waals surface area contributed by atoms with E-state index in [-0.39, 0.29) is 6.79 Å². The number of likely N-dealkylation sites (tertiary alicyclic amines) is 1. The Bertz CT molecular complexity index is 672. The van der Waals surface area contributed by atoms with Gasteiger partial charge >= 0.3 is 0 Å². The highest BCUT2D eigenvalue weighted by Gasteiger charge is 2.25. The molecular weight excluding hydrogens is 294 g/mol. The third-order valence-electron chi connectivity index (χ3n) is 4.58. The summed E-state index contributed by atoms with van der Waals surface area (Å²) in [6.45, 7) is 3.23. The Labute approximate surface area is 135 Å². The zero-order valence-corrected chi connectivity index (χ0v) is 13.2. The zero-order valence-electron chi connectivity index (χ0n) is 13.2. The van der Waals surface area contributed by atoms with Gasteiger partial charge in [-0.25, -0.2) is 4.98 Å². The van der Waals surface area contributed by atoms with Crippen molar-refractivity contribution in [1.82, 2.24) is 14.9 Å². The topological polar surface area (TPSA) is 59.6 Å². The minimum absolute atomic E-state index is 0.284. The fourth-order valence-corrected chi connectivity index (χ4v) is 3.44. The van der Waals surface area contributed by atoms with Gasteiger partial charge in [-0.2, -0.15) is 0 Å². The van der Waals surface area contributed by atoms with Gasteiger partial charge in [-0.3, -0.25) is 4.90 Å². The van der Waals surface area contributed by atoms with Crippen LogP contribution in [0.5, 0.6) is 17.2 Å². The van der Waals surface area contributed by atoms with Crippen molar-refractivity contribution in [3.05, 3.63) is 35.9 Å². The molecule has 2 aliphatic heterocycles. The summed E-state index contributed by atoms with van der Waals surface area (Å²) in [7, 11) is 1.70. The number of hydrogen-bond donors (Lipinski definition) is 1. The molecule has 0 aliphatic carbocycles. The van der Waals surface area contributed by atoms with Crippen LogP contribution in [0.3, 0.4) is 0 Å². The first-order valence-corrected chi connectivity index (χ1v) is 8.01. The lowest BCUT2D eigenvalue weighted by molar-refractivity contribution is 0.173. The van der Waals surface area contributed by atoms with E-state index in [2.05, 4.69) is 14.9 Å². The molecule has 3 heterocycles. The van der Waals surface area contributed by atoms with Crippen LogP contribution in [0.15, 0.2) is 24.5 Å². The van der Waals surface area contributed by atoms with E-state index in [0.717, 1.165) is 48.3 Å². The number of aromatic amines is 1. The molecule has 2 aliphatic rings. The van der Waals surface area contributed by atoms with E-state index in [1.807, 2.05) is 24.5 Å². The summed E-state index contributed by atoms with van der Waals surface area (Å²) in [5, 5.41) is 0. The predicted molar refractivity (Wildman–Crippen MR) is 85.0 cm³/mol. The van der Waals surface area contributed by atoms with E-state index >= 15 is 0 Å². The summed E-state index contributed by atoms with van der Waals surface area (Å²) in [6.07, 6.45) is 6.09. The Morgan fingerprint density at radius 3 is 3.00 bits per heavy atom. The standard InChI is InChI=1S/C17H21N3O3/c1-21-14-8-16-15(22-11-23-16)7-13(14)10-20-6-2-3-12(9-20)17-18-4-5-19-17/h4-5,7-8,12H,2-3,6,9-11H2,1H3,(H,18,19)/t12-/m1/s1. The van der Waals surface area contributed by atoms with Crippen molar-refractivity contribution in [1.29, 1.82) is 0 Å². The summed E-state index contributed by atoms with van der Waals surface area (Å²) in [6, 6.07) is 3.96. The number of fused-ring (bicyclic) bond motifs is 1. The van der Waals surface area contributed by atoms with E-state index in [4.69, 9.17) is 14.2 Å². The molecule has 0 bridgehead atoms. The van der Waals surface area contributed by atoms with Gasteiger partial charge in [0.1, 0.15) is 11.6 Å². The molecule has 122 valence electrons. The monoisotopic (exact) mass is 315 g/mol. The van der Waals surface area contributed by atoms with Crippen LogP contribution in [0, 0.1) is 0 Å². The molecule has 1 N–H and O–H groups in total. The van der Waals surface area contributed by atoms with Gasteiger partial charge in [-0.15, -0.1) is 0 Å². The number of piperidine rings is 1. The van der Waals surface area contributed by atoms with Crippen LogP contribution in [0.1, 0.15) is 30.1 Å².